The van der Waals surface area contributed by atoms with Gasteiger partial charge in [-0.05, 0) is 29.8 Å². The van der Waals surface area contributed by atoms with E-state index in [0.29, 0.717) is 31.1 Å². The van der Waals surface area contributed by atoms with E-state index in [9.17, 15) is 0 Å². The van der Waals surface area contributed by atoms with Crippen LogP contribution < -0.4 is 15.6 Å². The van der Waals surface area contributed by atoms with Gasteiger partial charge in [0.25, 0.3) is 0 Å². The molecule has 2 N–H and O–H groups in total. The summed E-state index contributed by atoms with van der Waals surface area (Å²) in [5, 5.41) is 7.43. The fourth-order valence-electron chi connectivity index (χ4n) is 2.64. The minimum Gasteiger partial charge on any atom is -0.378 e. The predicted octanol–water partition coefficient (Wildman–Crippen LogP) is 2.29. The van der Waals surface area contributed by atoms with Gasteiger partial charge in [-0.15, -0.1) is 0 Å². The molecule has 3 aromatic rings. The molecule has 28 heavy (non-hydrogen) atoms. The molecular formula is C19H20N8O. The van der Waals surface area contributed by atoms with E-state index in [2.05, 4.69) is 40.7 Å². The molecule has 2 aromatic heterocycles. The van der Waals surface area contributed by atoms with Crippen molar-refractivity contribution in [3.05, 3.63) is 60.4 Å². The maximum absolute atomic E-state index is 5.42. The molecule has 0 radical (unpaired) electrons. The van der Waals surface area contributed by atoms with E-state index in [1.807, 2.05) is 42.5 Å². The van der Waals surface area contributed by atoms with Crippen molar-refractivity contribution in [1.29, 1.82) is 0 Å². The summed E-state index contributed by atoms with van der Waals surface area (Å²) < 4.78 is 5.42. The van der Waals surface area contributed by atoms with Crippen LogP contribution in [0.2, 0.25) is 0 Å². The van der Waals surface area contributed by atoms with Crippen LogP contribution in [0.3, 0.4) is 0 Å². The number of pyridine rings is 1. The highest BCUT2D eigenvalue weighted by Gasteiger charge is 2.16. The number of hydrogen-bond acceptors (Lipinski definition) is 9. The van der Waals surface area contributed by atoms with Gasteiger partial charge >= 0.3 is 0 Å². The van der Waals surface area contributed by atoms with Gasteiger partial charge in [0.2, 0.25) is 17.8 Å². The summed E-state index contributed by atoms with van der Waals surface area (Å²) in [6.45, 7) is 2.76. The molecule has 3 heterocycles. The molecule has 142 valence electrons. The molecule has 0 saturated carbocycles. The Labute approximate surface area is 162 Å². The molecule has 0 aliphatic carbocycles. The van der Waals surface area contributed by atoms with Crippen molar-refractivity contribution in [2.24, 2.45) is 5.10 Å². The number of benzene rings is 1. The maximum Gasteiger partial charge on any atom is 0.250 e. The molecule has 0 amide bonds. The van der Waals surface area contributed by atoms with Crippen molar-refractivity contribution in [2.45, 2.75) is 0 Å². The molecular weight excluding hydrogens is 356 g/mol. The molecule has 4 rings (SSSR count). The van der Waals surface area contributed by atoms with Crippen LogP contribution in [0.1, 0.15) is 5.56 Å². The molecule has 0 bridgehead atoms. The van der Waals surface area contributed by atoms with Crippen LogP contribution in [0.25, 0.3) is 0 Å². The SMILES string of the molecule is C(=N/Nc1nc(Nc2ccccc2)nc(N2CCOCC2)n1)/c1ccncc1. The molecule has 1 aromatic carbocycles. The molecule has 9 nitrogen and oxygen atoms in total. The van der Waals surface area contributed by atoms with Crippen LogP contribution in [-0.4, -0.2) is 52.5 Å². The number of anilines is 4. The number of morpholine rings is 1. The third-order valence-electron chi connectivity index (χ3n) is 4.03. The van der Waals surface area contributed by atoms with Crippen LogP contribution in [0.5, 0.6) is 0 Å². The Morgan fingerprint density at radius 1 is 0.929 bits per heavy atom. The molecule has 0 atom stereocenters. The molecule has 1 aliphatic rings. The smallest absolute Gasteiger partial charge is 0.250 e. The number of rotatable bonds is 6. The number of hydrazone groups is 1. The Balaban J connectivity index is 1.56. The molecule has 1 saturated heterocycles. The Kier molecular flexibility index (Phi) is 5.64. The van der Waals surface area contributed by atoms with Crippen molar-refractivity contribution in [1.82, 2.24) is 19.9 Å². The zero-order valence-corrected chi connectivity index (χ0v) is 15.2. The Morgan fingerprint density at radius 2 is 1.68 bits per heavy atom. The van der Waals surface area contributed by atoms with Gasteiger partial charge < -0.3 is 15.0 Å². The first-order valence-corrected chi connectivity index (χ1v) is 8.97. The first-order valence-electron chi connectivity index (χ1n) is 8.97. The van der Waals surface area contributed by atoms with E-state index in [4.69, 9.17) is 4.74 Å². The number of hydrogen-bond donors (Lipinski definition) is 2. The van der Waals surface area contributed by atoms with Gasteiger partial charge in [0.1, 0.15) is 0 Å². The third kappa shape index (κ3) is 4.77. The topological polar surface area (TPSA) is 100 Å². The average Bonchev–Trinajstić information content (AvgIpc) is 2.76. The zero-order chi connectivity index (χ0) is 19.0. The Morgan fingerprint density at radius 3 is 2.46 bits per heavy atom. The van der Waals surface area contributed by atoms with Crippen LogP contribution in [-0.2, 0) is 4.74 Å². The summed E-state index contributed by atoms with van der Waals surface area (Å²) in [6, 6.07) is 13.5. The standard InChI is InChI=1S/C19H20N8O/c1-2-4-16(5-3-1)22-17-23-18(26-21-14-15-6-8-20-9-7-15)25-19(24-17)27-10-12-28-13-11-27/h1-9,14H,10-13H2,(H2,22,23,24,25,26)/b21-14-. The summed E-state index contributed by atoms with van der Waals surface area (Å²) in [5.41, 5.74) is 4.71. The second kappa shape index (κ2) is 8.87. The Hall–Kier alpha value is -3.59. The van der Waals surface area contributed by atoms with Gasteiger partial charge in [-0.2, -0.15) is 20.1 Å². The number of para-hydroxylation sites is 1. The van der Waals surface area contributed by atoms with Crippen LogP contribution in [0.4, 0.5) is 23.5 Å². The summed E-state index contributed by atoms with van der Waals surface area (Å²) in [7, 11) is 0. The predicted molar refractivity (Wildman–Crippen MR) is 108 cm³/mol. The van der Waals surface area contributed by atoms with E-state index in [0.717, 1.165) is 24.3 Å². The average molecular weight is 376 g/mol. The van der Waals surface area contributed by atoms with E-state index in [-0.39, 0.29) is 0 Å². The molecule has 0 spiro atoms. The normalized spacial score (nSPS) is 14.2. The van der Waals surface area contributed by atoms with Gasteiger partial charge in [0.15, 0.2) is 0 Å². The monoisotopic (exact) mass is 376 g/mol. The van der Waals surface area contributed by atoms with E-state index >= 15 is 0 Å². The van der Waals surface area contributed by atoms with Crippen molar-refractivity contribution < 1.29 is 4.74 Å². The van der Waals surface area contributed by atoms with Gasteiger partial charge in [-0.1, -0.05) is 18.2 Å². The summed E-state index contributed by atoms with van der Waals surface area (Å²) in [4.78, 5) is 19.5. The van der Waals surface area contributed by atoms with E-state index in [1.54, 1.807) is 18.6 Å². The summed E-state index contributed by atoms with van der Waals surface area (Å²) in [5.74, 6) is 1.39. The minimum atomic E-state index is 0.361. The number of ether oxygens (including phenoxy) is 1. The lowest BCUT2D eigenvalue weighted by Gasteiger charge is -2.27. The van der Waals surface area contributed by atoms with Crippen molar-refractivity contribution in [2.75, 3.05) is 41.9 Å². The minimum absolute atomic E-state index is 0.361. The first-order chi connectivity index (χ1) is 13.9. The van der Waals surface area contributed by atoms with Crippen molar-refractivity contribution in [3.8, 4) is 0 Å². The second-order valence-corrected chi connectivity index (χ2v) is 6.02. The van der Waals surface area contributed by atoms with Crippen LogP contribution in [0, 0.1) is 0 Å². The summed E-state index contributed by atoms with van der Waals surface area (Å²) in [6.07, 6.45) is 5.11. The fourth-order valence-corrected chi connectivity index (χ4v) is 2.64. The molecule has 1 fully saturated rings. The van der Waals surface area contributed by atoms with E-state index < -0.39 is 0 Å². The number of nitrogens with zero attached hydrogens (tertiary/aromatic N) is 6. The van der Waals surface area contributed by atoms with Crippen LogP contribution in [0.15, 0.2) is 60.0 Å². The molecule has 0 unspecified atom stereocenters. The lowest BCUT2D eigenvalue weighted by atomic mass is 10.3. The highest BCUT2D eigenvalue weighted by molar-refractivity contribution is 5.79. The lowest BCUT2D eigenvalue weighted by molar-refractivity contribution is 0.122. The van der Waals surface area contributed by atoms with Crippen molar-refractivity contribution in [3.63, 3.8) is 0 Å². The van der Waals surface area contributed by atoms with Gasteiger partial charge in [0.05, 0.1) is 19.4 Å². The highest BCUT2D eigenvalue weighted by atomic mass is 16.5. The van der Waals surface area contributed by atoms with Gasteiger partial charge in [-0.25, -0.2) is 5.43 Å². The molecule has 1 aliphatic heterocycles. The van der Waals surface area contributed by atoms with E-state index in [1.165, 1.54) is 0 Å². The second-order valence-electron chi connectivity index (χ2n) is 6.02. The van der Waals surface area contributed by atoms with Gasteiger partial charge in [0, 0.05) is 31.2 Å². The zero-order valence-electron chi connectivity index (χ0n) is 15.2. The number of aromatic nitrogens is 4. The largest absolute Gasteiger partial charge is 0.378 e. The third-order valence-corrected chi connectivity index (χ3v) is 4.03. The first kappa shape index (κ1) is 17.8. The fraction of sp³-hybridized carbons (Fsp3) is 0.211. The summed E-state index contributed by atoms with van der Waals surface area (Å²) >= 11 is 0. The highest BCUT2D eigenvalue weighted by Crippen LogP contribution is 2.18. The van der Waals surface area contributed by atoms with Gasteiger partial charge in [-0.3, -0.25) is 4.98 Å². The lowest BCUT2D eigenvalue weighted by Crippen LogP contribution is -2.37. The Bertz CT molecular complexity index is 914. The quantitative estimate of drug-likeness (QED) is 0.499. The van der Waals surface area contributed by atoms with Crippen molar-refractivity contribution >= 4 is 29.7 Å². The maximum atomic E-state index is 5.42. The van der Waals surface area contributed by atoms with Crippen LogP contribution >= 0.6 is 0 Å². The molecule has 9 heteroatoms. The number of nitrogens with one attached hydrogen (secondary N) is 2.